The summed E-state index contributed by atoms with van der Waals surface area (Å²) in [5.74, 6) is -1.04. The molecule has 0 aliphatic rings. The summed E-state index contributed by atoms with van der Waals surface area (Å²) in [5.41, 5.74) is 0.769. The van der Waals surface area contributed by atoms with E-state index in [9.17, 15) is 22.4 Å². The van der Waals surface area contributed by atoms with Gasteiger partial charge in [0, 0.05) is 13.1 Å². The molecule has 0 saturated carbocycles. The van der Waals surface area contributed by atoms with Gasteiger partial charge in [-0.2, -0.15) is 0 Å². The van der Waals surface area contributed by atoms with Gasteiger partial charge >= 0.3 is 0 Å². The second-order valence-electron chi connectivity index (χ2n) is 7.56. The molecule has 1 unspecified atom stereocenters. The van der Waals surface area contributed by atoms with Gasteiger partial charge < -0.3 is 15.0 Å². The summed E-state index contributed by atoms with van der Waals surface area (Å²) in [6.45, 7) is 3.32. The van der Waals surface area contributed by atoms with Crippen molar-refractivity contribution in [2.24, 2.45) is 0 Å². The first-order valence-corrected chi connectivity index (χ1v) is 12.9. The van der Waals surface area contributed by atoms with Crippen molar-refractivity contribution in [3.63, 3.8) is 0 Å². The zero-order chi connectivity index (χ0) is 25.5. The van der Waals surface area contributed by atoms with E-state index < -0.39 is 34.3 Å². The third kappa shape index (κ3) is 7.07. The number of amides is 2. The van der Waals surface area contributed by atoms with Crippen LogP contribution in [-0.2, 0) is 26.2 Å². The number of sulfonamides is 1. The fourth-order valence-electron chi connectivity index (χ4n) is 3.42. The Morgan fingerprint density at radius 3 is 2.29 bits per heavy atom. The predicted molar refractivity (Wildman–Crippen MR) is 130 cm³/mol. The quantitative estimate of drug-likeness (QED) is 0.498. The molecular formula is C23H29ClFN3O5S. The molecule has 11 heteroatoms. The van der Waals surface area contributed by atoms with Crippen LogP contribution < -0.4 is 14.4 Å². The summed E-state index contributed by atoms with van der Waals surface area (Å²) in [5, 5.41) is 2.88. The van der Waals surface area contributed by atoms with E-state index in [0.29, 0.717) is 24.3 Å². The number of hydrogen-bond donors (Lipinski definition) is 1. The van der Waals surface area contributed by atoms with Gasteiger partial charge in [0.15, 0.2) is 0 Å². The highest BCUT2D eigenvalue weighted by Crippen LogP contribution is 2.30. The first-order valence-electron chi connectivity index (χ1n) is 10.6. The molecule has 8 nitrogen and oxygen atoms in total. The van der Waals surface area contributed by atoms with Gasteiger partial charge in [-0.3, -0.25) is 13.9 Å². The number of nitrogens with zero attached hydrogens (tertiary/aromatic N) is 2. The molecule has 0 fully saturated rings. The van der Waals surface area contributed by atoms with Crippen molar-refractivity contribution >= 4 is 39.1 Å². The van der Waals surface area contributed by atoms with Crippen molar-refractivity contribution in [1.82, 2.24) is 10.2 Å². The van der Waals surface area contributed by atoms with Crippen molar-refractivity contribution in [3.05, 3.63) is 58.9 Å². The Morgan fingerprint density at radius 2 is 1.79 bits per heavy atom. The number of hydrogen-bond acceptors (Lipinski definition) is 5. The summed E-state index contributed by atoms with van der Waals surface area (Å²) in [6.07, 6.45) is 1.27. The van der Waals surface area contributed by atoms with E-state index in [4.69, 9.17) is 16.3 Å². The summed E-state index contributed by atoms with van der Waals surface area (Å²) in [7, 11) is -2.46. The second kappa shape index (κ2) is 12.0. The number of ether oxygens (including phenoxy) is 1. The number of nitrogens with one attached hydrogen (secondary N) is 1. The summed E-state index contributed by atoms with van der Waals surface area (Å²) >= 11 is 6.17. The van der Waals surface area contributed by atoms with E-state index in [-0.39, 0.29) is 23.2 Å². The highest BCUT2D eigenvalue weighted by atomic mass is 35.5. The molecule has 186 valence electrons. The summed E-state index contributed by atoms with van der Waals surface area (Å²) in [6, 6.07) is 9.05. The fraction of sp³-hybridized carbons (Fsp3) is 0.391. The van der Waals surface area contributed by atoms with Gasteiger partial charge in [0.25, 0.3) is 0 Å². The minimum absolute atomic E-state index is 0.00424. The van der Waals surface area contributed by atoms with Crippen LogP contribution in [0.4, 0.5) is 10.1 Å². The fourth-order valence-corrected chi connectivity index (χ4v) is 4.52. The number of methoxy groups -OCH3 is 1. The Hall–Kier alpha value is -2.85. The number of halogens is 2. The molecule has 34 heavy (non-hydrogen) atoms. The van der Waals surface area contributed by atoms with Gasteiger partial charge in [0.2, 0.25) is 21.8 Å². The van der Waals surface area contributed by atoms with Crippen LogP contribution in [-0.4, -0.2) is 57.6 Å². The molecular weight excluding hydrogens is 485 g/mol. The van der Waals surface area contributed by atoms with Crippen LogP contribution in [0, 0.1) is 5.82 Å². The third-order valence-corrected chi connectivity index (χ3v) is 6.54. The Kier molecular flexibility index (Phi) is 9.69. The lowest BCUT2D eigenvalue weighted by molar-refractivity contribution is -0.140. The molecule has 0 aromatic heterocycles. The standard InChI is InChI=1S/C23H29ClFN3O5S/c1-5-20(23(30)26-6-2)27(14-16-7-9-17(25)10-8-16)22(29)15-28(34(4,31)32)18-11-12-21(33-3)19(24)13-18/h7-13,20H,5-6,14-15H2,1-4H3,(H,26,30). The lowest BCUT2D eigenvalue weighted by Gasteiger charge is -2.32. The monoisotopic (exact) mass is 513 g/mol. The maximum absolute atomic E-state index is 13.5. The molecule has 2 amide bonds. The van der Waals surface area contributed by atoms with Gasteiger partial charge in [-0.05, 0) is 49.2 Å². The van der Waals surface area contributed by atoms with Gasteiger partial charge in [0.05, 0.1) is 24.1 Å². The Morgan fingerprint density at radius 1 is 1.15 bits per heavy atom. The zero-order valence-corrected chi connectivity index (χ0v) is 21.1. The van der Waals surface area contributed by atoms with Crippen LogP contribution in [0.3, 0.4) is 0 Å². The molecule has 0 aliphatic heterocycles. The number of carbonyl (C=O) groups excluding carboxylic acids is 2. The van der Waals surface area contributed by atoms with Gasteiger partial charge in [-0.1, -0.05) is 30.7 Å². The molecule has 0 bridgehead atoms. The largest absolute Gasteiger partial charge is 0.495 e. The first-order chi connectivity index (χ1) is 16.0. The second-order valence-corrected chi connectivity index (χ2v) is 9.87. The maximum atomic E-state index is 13.5. The normalized spacial score (nSPS) is 12.1. The van der Waals surface area contributed by atoms with E-state index in [1.54, 1.807) is 13.8 Å². The van der Waals surface area contributed by atoms with E-state index in [1.807, 2.05) is 0 Å². The van der Waals surface area contributed by atoms with E-state index in [2.05, 4.69) is 5.32 Å². The van der Waals surface area contributed by atoms with E-state index in [1.165, 1.54) is 54.5 Å². The van der Waals surface area contributed by atoms with Gasteiger partial charge in [-0.15, -0.1) is 0 Å². The molecule has 2 rings (SSSR count). The number of carbonyl (C=O) groups is 2. The highest BCUT2D eigenvalue weighted by Gasteiger charge is 2.31. The lowest BCUT2D eigenvalue weighted by atomic mass is 10.1. The molecule has 0 radical (unpaired) electrons. The van der Waals surface area contributed by atoms with Crippen LogP contribution in [0.5, 0.6) is 5.75 Å². The number of anilines is 1. The average molecular weight is 514 g/mol. The van der Waals surface area contributed by atoms with Crippen LogP contribution in [0.1, 0.15) is 25.8 Å². The van der Waals surface area contributed by atoms with E-state index in [0.717, 1.165) is 10.6 Å². The van der Waals surface area contributed by atoms with Crippen molar-refractivity contribution in [1.29, 1.82) is 0 Å². The van der Waals surface area contributed by atoms with Crippen molar-refractivity contribution in [2.75, 3.05) is 30.8 Å². The maximum Gasteiger partial charge on any atom is 0.244 e. The average Bonchev–Trinajstić information content (AvgIpc) is 2.77. The van der Waals surface area contributed by atoms with Gasteiger partial charge in [0.1, 0.15) is 24.2 Å². The molecule has 2 aromatic carbocycles. The third-order valence-electron chi connectivity index (χ3n) is 5.11. The number of benzene rings is 2. The van der Waals surface area contributed by atoms with Crippen LogP contribution in [0.2, 0.25) is 5.02 Å². The Balaban J connectivity index is 2.44. The van der Waals surface area contributed by atoms with Crippen molar-refractivity contribution in [3.8, 4) is 5.75 Å². The number of likely N-dealkylation sites (N-methyl/N-ethyl adjacent to an activating group) is 1. The lowest BCUT2D eigenvalue weighted by Crippen LogP contribution is -2.52. The molecule has 2 aromatic rings. The highest BCUT2D eigenvalue weighted by molar-refractivity contribution is 7.92. The predicted octanol–water partition coefficient (Wildman–Crippen LogP) is 3.20. The topological polar surface area (TPSA) is 96.0 Å². The minimum atomic E-state index is -3.89. The van der Waals surface area contributed by atoms with Gasteiger partial charge in [-0.25, -0.2) is 12.8 Å². The van der Waals surface area contributed by atoms with Crippen LogP contribution >= 0.6 is 11.6 Å². The summed E-state index contributed by atoms with van der Waals surface area (Å²) < 4.78 is 44.6. The first kappa shape index (κ1) is 27.4. The van der Waals surface area contributed by atoms with Crippen LogP contribution in [0.15, 0.2) is 42.5 Å². The SMILES string of the molecule is CCNC(=O)C(CC)N(Cc1ccc(F)cc1)C(=O)CN(c1ccc(OC)c(Cl)c1)S(C)(=O)=O. The smallest absolute Gasteiger partial charge is 0.244 e. The van der Waals surface area contributed by atoms with Crippen molar-refractivity contribution in [2.45, 2.75) is 32.9 Å². The molecule has 0 saturated heterocycles. The molecule has 0 heterocycles. The Labute approximate surface area is 204 Å². The molecule has 1 N–H and O–H groups in total. The zero-order valence-electron chi connectivity index (χ0n) is 19.5. The molecule has 1 atom stereocenters. The van der Waals surface area contributed by atoms with Crippen molar-refractivity contribution < 1.29 is 27.1 Å². The molecule has 0 aliphatic carbocycles. The van der Waals surface area contributed by atoms with E-state index >= 15 is 0 Å². The van der Waals surface area contributed by atoms with Crippen LogP contribution in [0.25, 0.3) is 0 Å². The minimum Gasteiger partial charge on any atom is -0.495 e. The Bertz CT molecular complexity index is 1110. The molecule has 0 spiro atoms. The summed E-state index contributed by atoms with van der Waals surface area (Å²) in [4.78, 5) is 27.5. The number of rotatable bonds is 11.